The molecule has 0 aliphatic rings. The van der Waals surface area contributed by atoms with Crippen LogP contribution in [0.3, 0.4) is 0 Å². The van der Waals surface area contributed by atoms with Gasteiger partial charge in [-0.25, -0.2) is 9.97 Å². The van der Waals surface area contributed by atoms with Gasteiger partial charge in [-0.1, -0.05) is 91.0 Å². The molecule has 6 nitrogen and oxygen atoms in total. The van der Waals surface area contributed by atoms with E-state index >= 15 is 0 Å². The number of imidazole rings is 2. The summed E-state index contributed by atoms with van der Waals surface area (Å²) in [6.45, 7) is 0. The smallest absolute Gasteiger partial charge is 0.147 e. The minimum Gasteiger partial charge on any atom is -0.292 e. The Hall–Kier alpha value is -6.40. The normalized spacial score (nSPS) is 11.5. The third kappa shape index (κ3) is 4.19. The summed E-state index contributed by atoms with van der Waals surface area (Å²) >= 11 is 0. The average Bonchev–Trinajstić information content (AvgIpc) is 3.71. The van der Waals surface area contributed by atoms with Gasteiger partial charge in [0.15, 0.2) is 0 Å². The first kappa shape index (κ1) is 26.0. The van der Waals surface area contributed by atoms with E-state index in [1.807, 2.05) is 48.5 Å². The maximum absolute atomic E-state index is 5.09. The zero-order chi connectivity index (χ0) is 30.5. The third-order valence-corrected chi connectivity index (χ3v) is 8.47. The van der Waals surface area contributed by atoms with Crippen LogP contribution in [0.15, 0.2) is 158 Å². The lowest BCUT2D eigenvalue weighted by atomic mass is 9.99. The standard InChI is InChI=1S/C40H26N6/c1-3-11-29(12-4-1)45-35-17-9-7-15-33(35)43-39(45)28-21-19-27(20-22-28)31-23-24-32(38-37(31)41-25-26-42-38)40-44-34-16-8-10-18-36(34)46(40)30-13-5-2-6-14-30/h1-26H. The van der Waals surface area contributed by atoms with Crippen molar-refractivity contribution >= 4 is 33.1 Å². The average molecular weight is 591 g/mol. The quantitative estimate of drug-likeness (QED) is 0.200. The second-order valence-corrected chi connectivity index (χ2v) is 11.2. The van der Waals surface area contributed by atoms with Crippen molar-refractivity contribution in [3.63, 3.8) is 0 Å². The summed E-state index contributed by atoms with van der Waals surface area (Å²) < 4.78 is 4.42. The molecule has 3 heterocycles. The van der Waals surface area contributed by atoms with Crippen molar-refractivity contribution in [3.05, 3.63) is 158 Å². The Labute approximate surface area is 264 Å². The summed E-state index contributed by atoms with van der Waals surface area (Å²) in [6.07, 6.45) is 3.51. The Morgan fingerprint density at radius 3 is 1.43 bits per heavy atom. The van der Waals surface area contributed by atoms with Crippen LogP contribution >= 0.6 is 0 Å². The molecule has 0 aliphatic heterocycles. The van der Waals surface area contributed by atoms with Crippen molar-refractivity contribution in [2.24, 2.45) is 0 Å². The van der Waals surface area contributed by atoms with Gasteiger partial charge in [-0.05, 0) is 60.2 Å². The van der Waals surface area contributed by atoms with E-state index in [4.69, 9.17) is 19.9 Å². The predicted octanol–water partition coefficient (Wildman–Crippen LogP) is 9.31. The van der Waals surface area contributed by atoms with Gasteiger partial charge < -0.3 is 0 Å². The van der Waals surface area contributed by atoms with Crippen molar-refractivity contribution in [2.75, 3.05) is 0 Å². The first-order valence-corrected chi connectivity index (χ1v) is 15.2. The van der Waals surface area contributed by atoms with Crippen LogP contribution in [-0.4, -0.2) is 29.1 Å². The molecule has 0 unspecified atom stereocenters. The van der Waals surface area contributed by atoms with Crippen LogP contribution in [0.2, 0.25) is 0 Å². The number of nitrogens with zero attached hydrogens (tertiary/aromatic N) is 6. The van der Waals surface area contributed by atoms with Crippen molar-refractivity contribution in [2.45, 2.75) is 0 Å². The van der Waals surface area contributed by atoms with E-state index in [-0.39, 0.29) is 0 Å². The monoisotopic (exact) mass is 590 g/mol. The van der Waals surface area contributed by atoms with Gasteiger partial charge in [0, 0.05) is 40.5 Å². The highest BCUT2D eigenvalue weighted by Crippen LogP contribution is 2.37. The molecule has 0 bridgehead atoms. The van der Waals surface area contributed by atoms with E-state index in [9.17, 15) is 0 Å². The number of aromatic nitrogens is 6. The van der Waals surface area contributed by atoms with Gasteiger partial charge in [-0.15, -0.1) is 0 Å². The Kier molecular flexibility index (Phi) is 6.03. The fourth-order valence-corrected chi connectivity index (χ4v) is 6.37. The second-order valence-electron chi connectivity index (χ2n) is 11.2. The first-order chi connectivity index (χ1) is 22.8. The zero-order valence-electron chi connectivity index (χ0n) is 24.7. The van der Waals surface area contributed by atoms with Gasteiger partial charge in [0.05, 0.1) is 27.6 Å². The Morgan fingerprint density at radius 1 is 0.370 bits per heavy atom. The highest BCUT2D eigenvalue weighted by molar-refractivity contribution is 6.01. The molecule has 0 aliphatic carbocycles. The highest BCUT2D eigenvalue weighted by atomic mass is 15.1. The van der Waals surface area contributed by atoms with E-state index in [0.717, 1.165) is 78.4 Å². The van der Waals surface area contributed by atoms with Gasteiger partial charge in [-0.2, -0.15) is 0 Å². The Balaban J connectivity index is 1.18. The molecule has 0 saturated heterocycles. The van der Waals surface area contributed by atoms with Crippen LogP contribution < -0.4 is 0 Å². The van der Waals surface area contributed by atoms with Gasteiger partial charge in [0.1, 0.15) is 17.2 Å². The molecule has 0 saturated carbocycles. The SMILES string of the molecule is c1ccc(-n2c(-c3ccc(-c4ccc(-c5nc6ccccc6n5-c5ccccc5)c5nccnc45)cc3)nc3ccccc32)cc1. The molecule has 0 atom stereocenters. The van der Waals surface area contributed by atoms with Crippen LogP contribution in [0, 0.1) is 0 Å². The van der Waals surface area contributed by atoms with Crippen LogP contribution in [0.25, 0.3) is 78.4 Å². The molecule has 0 amide bonds. The van der Waals surface area contributed by atoms with Gasteiger partial charge in [-0.3, -0.25) is 19.1 Å². The number of fused-ring (bicyclic) bond motifs is 3. The largest absolute Gasteiger partial charge is 0.292 e. The fraction of sp³-hybridized carbons (Fsp3) is 0. The second kappa shape index (κ2) is 10.6. The summed E-state index contributed by atoms with van der Waals surface area (Å²) in [7, 11) is 0. The molecule has 9 rings (SSSR count). The van der Waals surface area contributed by atoms with Crippen LogP contribution in [-0.2, 0) is 0 Å². The molecule has 6 aromatic carbocycles. The van der Waals surface area contributed by atoms with Crippen LogP contribution in [0.5, 0.6) is 0 Å². The topological polar surface area (TPSA) is 61.4 Å². The van der Waals surface area contributed by atoms with Gasteiger partial charge in [0.25, 0.3) is 0 Å². The lowest BCUT2D eigenvalue weighted by Crippen LogP contribution is -1.99. The number of benzene rings is 6. The summed E-state index contributed by atoms with van der Waals surface area (Å²) in [5, 5.41) is 0. The third-order valence-electron chi connectivity index (χ3n) is 8.47. The molecule has 6 heteroatoms. The molecule has 46 heavy (non-hydrogen) atoms. The maximum Gasteiger partial charge on any atom is 0.147 e. The van der Waals surface area contributed by atoms with Gasteiger partial charge in [0.2, 0.25) is 0 Å². The molecule has 0 fully saturated rings. The van der Waals surface area contributed by atoms with Crippen molar-refractivity contribution in [1.29, 1.82) is 0 Å². The maximum atomic E-state index is 5.09. The summed E-state index contributed by atoms with van der Waals surface area (Å²) in [5.41, 5.74) is 11.8. The minimum absolute atomic E-state index is 0.808. The summed E-state index contributed by atoms with van der Waals surface area (Å²) in [5.74, 6) is 1.73. The van der Waals surface area contributed by atoms with Gasteiger partial charge >= 0.3 is 0 Å². The lowest BCUT2D eigenvalue weighted by molar-refractivity contribution is 1.10. The summed E-state index contributed by atoms with van der Waals surface area (Å²) in [6, 6.07) is 50.0. The fourth-order valence-electron chi connectivity index (χ4n) is 6.37. The molecule has 0 radical (unpaired) electrons. The van der Waals surface area contributed by atoms with Crippen molar-refractivity contribution in [3.8, 4) is 45.3 Å². The molecular weight excluding hydrogens is 564 g/mol. The number of rotatable bonds is 5. The van der Waals surface area contributed by atoms with Crippen LogP contribution in [0.1, 0.15) is 0 Å². The zero-order valence-corrected chi connectivity index (χ0v) is 24.7. The van der Waals surface area contributed by atoms with E-state index in [2.05, 4.69) is 106 Å². The molecule has 216 valence electrons. The number of para-hydroxylation sites is 6. The van der Waals surface area contributed by atoms with Crippen molar-refractivity contribution in [1.82, 2.24) is 29.1 Å². The van der Waals surface area contributed by atoms with Crippen molar-refractivity contribution < 1.29 is 0 Å². The van der Waals surface area contributed by atoms with E-state index in [1.165, 1.54) is 0 Å². The number of hydrogen-bond donors (Lipinski definition) is 0. The Bertz CT molecular complexity index is 2510. The minimum atomic E-state index is 0.808. The molecule has 0 N–H and O–H groups in total. The van der Waals surface area contributed by atoms with E-state index < -0.39 is 0 Å². The Morgan fingerprint density at radius 2 is 0.826 bits per heavy atom. The van der Waals surface area contributed by atoms with Crippen LogP contribution in [0.4, 0.5) is 0 Å². The molecule has 3 aromatic heterocycles. The molecule has 0 spiro atoms. The molecular formula is C40H26N6. The predicted molar refractivity (Wildman–Crippen MR) is 185 cm³/mol. The summed E-state index contributed by atoms with van der Waals surface area (Å²) in [4.78, 5) is 19.8. The first-order valence-electron chi connectivity index (χ1n) is 15.2. The highest BCUT2D eigenvalue weighted by Gasteiger charge is 2.20. The van der Waals surface area contributed by atoms with E-state index in [0.29, 0.717) is 0 Å². The van der Waals surface area contributed by atoms with E-state index in [1.54, 1.807) is 12.4 Å². The lowest BCUT2D eigenvalue weighted by Gasteiger charge is -2.13. The molecule has 9 aromatic rings. The number of hydrogen-bond acceptors (Lipinski definition) is 4.